The van der Waals surface area contributed by atoms with Crippen LogP contribution >= 0.6 is 11.8 Å². The number of carbonyl (C=O) groups excluding carboxylic acids is 2. The smallest absolute Gasteiger partial charge is 0.543 e. The summed E-state index contributed by atoms with van der Waals surface area (Å²) in [6.07, 6.45) is 3.90. The molecule has 0 saturated carbocycles. The Balaban J connectivity index is 0. The Bertz CT molecular complexity index is 309. The summed E-state index contributed by atoms with van der Waals surface area (Å²) in [5, 5.41) is 17.9. The first-order chi connectivity index (χ1) is 7.07. The minimum atomic E-state index is -2.19. The second kappa shape index (κ2) is 10.6. The van der Waals surface area contributed by atoms with Crippen molar-refractivity contribution in [2.24, 2.45) is 0 Å². The van der Waals surface area contributed by atoms with Gasteiger partial charge in [0.05, 0.1) is 17.6 Å². The van der Waals surface area contributed by atoms with Crippen molar-refractivity contribution in [3.8, 4) is 0 Å². The monoisotopic (exact) mass is 422 g/mol. The predicted molar refractivity (Wildman–Crippen MR) is 51.5 cm³/mol. The molecule has 0 bridgehead atoms. The van der Waals surface area contributed by atoms with Gasteiger partial charge < -0.3 is 19.8 Å². The predicted octanol–water partition coefficient (Wildman–Crippen LogP) is -1.57. The Kier molecular flexibility index (Phi) is 11.7. The average Bonchev–Trinajstić information content (AvgIpc) is 2.20. The van der Waals surface area contributed by atoms with E-state index in [2.05, 4.69) is 11.2 Å². The van der Waals surface area contributed by atoms with Crippen LogP contribution in [-0.2, 0) is 36.4 Å². The molecule has 7 heteroatoms. The molecule has 0 aromatic carbocycles. The summed E-state index contributed by atoms with van der Waals surface area (Å²) in [6, 6.07) is 5.98. The van der Waals surface area contributed by atoms with Crippen LogP contribution in [0.4, 0.5) is 0 Å². The summed E-state index contributed by atoms with van der Waals surface area (Å²) in [5.41, 5.74) is 1.16. The molecule has 1 heterocycles. The molecule has 90 valence electrons. The van der Waals surface area contributed by atoms with Gasteiger partial charge in [-0.15, -0.1) is 0 Å². The van der Waals surface area contributed by atoms with Crippen LogP contribution in [0.25, 0.3) is 0 Å². The van der Waals surface area contributed by atoms with Gasteiger partial charge in [0.2, 0.25) is 0 Å². The third kappa shape index (κ3) is 9.67. The van der Waals surface area contributed by atoms with E-state index < -0.39 is 11.9 Å². The SMILES string of the molecule is CSCc1ccccn1.O=C([O-])C(=O)[O-].[Pt+2]. The number of pyridine rings is 1. The fourth-order valence-corrected chi connectivity index (χ4v) is 1.10. The summed E-state index contributed by atoms with van der Waals surface area (Å²) in [4.78, 5) is 22.0. The van der Waals surface area contributed by atoms with Gasteiger partial charge in [-0.1, -0.05) is 6.07 Å². The van der Waals surface area contributed by atoms with Crippen LogP contribution in [0.3, 0.4) is 0 Å². The molecular weight excluding hydrogens is 413 g/mol. The summed E-state index contributed by atoms with van der Waals surface area (Å²) in [7, 11) is 0. The Morgan fingerprint density at radius 2 is 1.88 bits per heavy atom. The van der Waals surface area contributed by atoms with E-state index in [4.69, 9.17) is 19.8 Å². The maximum Gasteiger partial charge on any atom is 2.00 e. The second-order valence-corrected chi connectivity index (χ2v) is 3.20. The first-order valence-corrected chi connectivity index (χ1v) is 5.28. The molecule has 0 aliphatic carbocycles. The molecule has 0 atom stereocenters. The first kappa shape index (κ1) is 17.5. The van der Waals surface area contributed by atoms with Crippen LogP contribution in [0, 0.1) is 0 Å². The minimum absolute atomic E-state index is 0. The zero-order valence-corrected chi connectivity index (χ0v) is 11.4. The second-order valence-electron chi connectivity index (χ2n) is 2.33. The molecule has 0 N–H and O–H groups in total. The third-order valence-electron chi connectivity index (χ3n) is 1.19. The van der Waals surface area contributed by atoms with Crippen molar-refractivity contribution >= 4 is 23.7 Å². The largest absolute Gasteiger partial charge is 2.00 e. The van der Waals surface area contributed by atoms with Gasteiger partial charge in [-0.2, -0.15) is 11.8 Å². The molecule has 1 rings (SSSR count). The van der Waals surface area contributed by atoms with Crippen LogP contribution in [0.5, 0.6) is 0 Å². The molecule has 5 nitrogen and oxygen atoms in total. The van der Waals surface area contributed by atoms with E-state index in [-0.39, 0.29) is 21.1 Å². The van der Waals surface area contributed by atoms with Crippen LogP contribution in [0.2, 0.25) is 0 Å². The van der Waals surface area contributed by atoms with E-state index in [9.17, 15) is 0 Å². The zero-order chi connectivity index (χ0) is 11.7. The number of rotatable bonds is 2. The number of aromatic nitrogens is 1. The van der Waals surface area contributed by atoms with E-state index in [1.165, 1.54) is 0 Å². The van der Waals surface area contributed by atoms with E-state index in [0.29, 0.717) is 0 Å². The Labute approximate surface area is 112 Å². The van der Waals surface area contributed by atoms with Crippen molar-refractivity contribution in [3.05, 3.63) is 30.1 Å². The third-order valence-corrected chi connectivity index (χ3v) is 1.77. The number of carbonyl (C=O) groups is 2. The fraction of sp³-hybridized carbons (Fsp3) is 0.222. The van der Waals surface area contributed by atoms with Crippen molar-refractivity contribution in [1.29, 1.82) is 0 Å². The van der Waals surface area contributed by atoms with Gasteiger partial charge in [-0.25, -0.2) is 0 Å². The Morgan fingerprint density at radius 1 is 1.31 bits per heavy atom. The quantitative estimate of drug-likeness (QED) is 0.535. The van der Waals surface area contributed by atoms with Crippen molar-refractivity contribution in [1.82, 2.24) is 4.98 Å². The van der Waals surface area contributed by atoms with E-state index in [1.54, 1.807) is 11.8 Å². The van der Waals surface area contributed by atoms with Crippen LogP contribution in [-0.4, -0.2) is 23.2 Å². The summed E-state index contributed by atoms with van der Waals surface area (Å²) < 4.78 is 0. The molecule has 16 heavy (non-hydrogen) atoms. The van der Waals surface area contributed by atoms with Crippen LogP contribution in [0.15, 0.2) is 24.4 Å². The van der Waals surface area contributed by atoms with Gasteiger partial charge in [0.25, 0.3) is 0 Å². The summed E-state index contributed by atoms with van der Waals surface area (Å²) in [6.45, 7) is 0. The Hall–Kier alpha value is -0.872. The Morgan fingerprint density at radius 3 is 2.19 bits per heavy atom. The number of hydrogen-bond donors (Lipinski definition) is 0. The van der Waals surface area contributed by atoms with Gasteiger partial charge >= 0.3 is 21.1 Å². The van der Waals surface area contributed by atoms with E-state index in [0.717, 1.165) is 11.4 Å². The molecule has 0 saturated heterocycles. The number of carboxylic acid groups (broad SMARTS) is 2. The molecule has 0 fully saturated rings. The number of aliphatic carboxylic acids is 2. The molecule has 1 aromatic rings. The van der Waals surface area contributed by atoms with Gasteiger partial charge in [0.1, 0.15) is 0 Å². The van der Waals surface area contributed by atoms with Crippen LogP contribution in [0.1, 0.15) is 5.69 Å². The fourth-order valence-electron chi connectivity index (χ4n) is 0.631. The summed E-state index contributed by atoms with van der Waals surface area (Å²) in [5.74, 6) is -3.36. The molecule has 1 aromatic heterocycles. The minimum Gasteiger partial charge on any atom is -0.543 e. The van der Waals surface area contributed by atoms with Crippen LogP contribution < -0.4 is 10.2 Å². The molecule has 0 spiro atoms. The maximum absolute atomic E-state index is 8.93. The van der Waals surface area contributed by atoms with Crippen molar-refractivity contribution in [3.63, 3.8) is 0 Å². The topological polar surface area (TPSA) is 93.2 Å². The summed E-state index contributed by atoms with van der Waals surface area (Å²) >= 11 is 1.79. The molecule has 0 aliphatic rings. The molecule has 0 aliphatic heterocycles. The average molecular weight is 422 g/mol. The van der Waals surface area contributed by atoms with Gasteiger partial charge in [0, 0.05) is 11.9 Å². The number of nitrogens with zero attached hydrogens (tertiary/aromatic N) is 1. The number of thioether (sulfide) groups is 1. The van der Waals surface area contributed by atoms with Gasteiger partial charge in [0.15, 0.2) is 0 Å². The van der Waals surface area contributed by atoms with Gasteiger partial charge in [-0.3, -0.25) is 4.98 Å². The molecule has 0 radical (unpaired) electrons. The first-order valence-electron chi connectivity index (χ1n) is 3.89. The van der Waals surface area contributed by atoms with Crippen molar-refractivity contribution in [2.45, 2.75) is 5.75 Å². The zero-order valence-electron chi connectivity index (χ0n) is 8.32. The molecule has 0 amide bonds. The van der Waals surface area contributed by atoms with Crippen molar-refractivity contribution in [2.75, 3.05) is 6.26 Å². The van der Waals surface area contributed by atoms with E-state index in [1.807, 2.05) is 24.4 Å². The maximum atomic E-state index is 8.93. The molecule has 0 unspecified atom stereocenters. The number of hydrogen-bond acceptors (Lipinski definition) is 6. The van der Waals surface area contributed by atoms with Gasteiger partial charge in [-0.05, 0) is 18.4 Å². The standard InChI is InChI=1S/C7H9NS.C2H2O4.Pt/c1-9-6-7-4-2-3-5-8-7;3-1(4)2(5)6;/h2-5H,6H2,1H3;(H,3,4)(H,5,6);/q;;+2/p-2. The van der Waals surface area contributed by atoms with Crippen molar-refractivity contribution < 1.29 is 40.9 Å². The molecular formula is C9H9NO4PtS. The van der Waals surface area contributed by atoms with E-state index >= 15 is 0 Å². The normalized spacial score (nSPS) is 8.06. The number of carboxylic acids is 2.